The fourth-order valence-corrected chi connectivity index (χ4v) is 2.60. The molecule has 1 rings (SSSR count). The molecule has 0 aromatic rings. The van der Waals surface area contributed by atoms with Crippen molar-refractivity contribution >= 4 is 19.8 Å². The normalized spacial score (nSPS) is 27.8. The lowest BCUT2D eigenvalue weighted by Gasteiger charge is -2.09. The SMILES string of the molecule is O=[N+]([O-])C1C=CC=CC1I(=O)=O. The fraction of sp³-hybridized carbons (Fsp3) is 0.333. The minimum absolute atomic E-state index is 0.578. The lowest BCUT2D eigenvalue weighted by atomic mass is 10.1. The highest BCUT2D eigenvalue weighted by molar-refractivity contribution is 14.2. The summed E-state index contributed by atoms with van der Waals surface area (Å²) in [5, 5.41) is 10.3. The van der Waals surface area contributed by atoms with Gasteiger partial charge in [0, 0.05) is 4.92 Å². The molecule has 0 spiro atoms. The first-order valence-corrected chi connectivity index (χ1v) is 6.16. The second kappa shape index (κ2) is 3.74. The van der Waals surface area contributed by atoms with Crippen LogP contribution in [0.4, 0.5) is 0 Å². The van der Waals surface area contributed by atoms with Crippen LogP contribution in [-0.4, -0.2) is 14.9 Å². The van der Waals surface area contributed by atoms with E-state index < -0.39 is 34.7 Å². The predicted octanol–water partition coefficient (Wildman–Crippen LogP) is 1.32. The number of hydrogen-bond donors (Lipinski definition) is 0. The molecule has 0 N–H and O–H groups in total. The molecule has 1 aliphatic carbocycles. The van der Waals surface area contributed by atoms with Crippen LogP contribution in [-0.2, 0) is 6.14 Å². The van der Waals surface area contributed by atoms with Crippen LogP contribution in [0.1, 0.15) is 0 Å². The van der Waals surface area contributed by atoms with Crippen LogP contribution >= 0.6 is 19.8 Å². The number of halogens is 1. The van der Waals surface area contributed by atoms with Crippen molar-refractivity contribution < 1.29 is 11.1 Å². The quantitative estimate of drug-likeness (QED) is 0.331. The molecule has 0 fully saturated rings. The van der Waals surface area contributed by atoms with E-state index in [4.69, 9.17) is 0 Å². The summed E-state index contributed by atoms with van der Waals surface area (Å²) >= 11 is -3.61. The summed E-state index contributed by atoms with van der Waals surface area (Å²) in [7, 11) is 0. The molecule has 5 nitrogen and oxygen atoms in total. The Morgan fingerprint density at radius 3 is 2.25 bits per heavy atom. The monoisotopic (exact) mass is 283 g/mol. The Hall–Kier alpha value is -0.790. The maximum Gasteiger partial charge on any atom is 0.321 e. The van der Waals surface area contributed by atoms with E-state index >= 15 is 0 Å². The van der Waals surface area contributed by atoms with E-state index in [0.717, 1.165) is 0 Å². The van der Waals surface area contributed by atoms with Gasteiger partial charge in [-0.15, -0.1) is 0 Å². The predicted molar refractivity (Wildman–Crippen MR) is 48.2 cm³/mol. The van der Waals surface area contributed by atoms with E-state index in [1.807, 2.05) is 0 Å². The Bertz CT molecular complexity index is 310. The van der Waals surface area contributed by atoms with Crippen molar-refractivity contribution in [3.63, 3.8) is 0 Å². The fourth-order valence-electron chi connectivity index (χ4n) is 0.920. The molecule has 12 heavy (non-hydrogen) atoms. The molecule has 0 aliphatic heterocycles. The van der Waals surface area contributed by atoms with Gasteiger partial charge in [0.2, 0.25) is 0 Å². The van der Waals surface area contributed by atoms with Crippen LogP contribution in [0, 0.1) is 10.1 Å². The highest BCUT2D eigenvalue weighted by Crippen LogP contribution is 2.25. The van der Waals surface area contributed by atoms with Crippen LogP contribution < -0.4 is 0 Å². The maximum atomic E-state index is 10.6. The Morgan fingerprint density at radius 1 is 1.25 bits per heavy atom. The van der Waals surface area contributed by atoms with Crippen LogP contribution in [0.5, 0.6) is 0 Å². The third-order valence-electron chi connectivity index (χ3n) is 1.49. The van der Waals surface area contributed by atoms with Gasteiger partial charge < -0.3 is 0 Å². The average molecular weight is 283 g/mol. The van der Waals surface area contributed by atoms with Gasteiger partial charge in [-0.2, -0.15) is 0 Å². The first kappa shape index (κ1) is 9.30. The molecular formula is C6H6INO4. The molecule has 2 unspecified atom stereocenters. The third kappa shape index (κ3) is 1.87. The summed E-state index contributed by atoms with van der Waals surface area (Å²) in [5.41, 5.74) is 0. The van der Waals surface area contributed by atoms with Crippen molar-refractivity contribution in [2.24, 2.45) is 0 Å². The van der Waals surface area contributed by atoms with Crippen molar-refractivity contribution in [2.75, 3.05) is 0 Å². The molecule has 0 aromatic carbocycles. The molecular weight excluding hydrogens is 277 g/mol. The van der Waals surface area contributed by atoms with Crippen LogP contribution in [0.25, 0.3) is 0 Å². The highest BCUT2D eigenvalue weighted by Gasteiger charge is 2.32. The number of rotatable bonds is 2. The van der Waals surface area contributed by atoms with Gasteiger partial charge in [0.25, 0.3) is 6.04 Å². The molecule has 0 saturated carbocycles. The Kier molecular flexibility index (Phi) is 2.90. The molecule has 0 amide bonds. The number of allylic oxidation sites excluding steroid dienone is 2. The van der Waals surface area contributed by atoms with E-state index in [1.54, 1.807) is 0 Å². The van der Waals surface area contributed by atoms with Crippen LogP contribution in [0.2, 0.25) is 0 Å². The van der Waals surface area contributed by atoms with E-state index in [2.05, 4.69) is 0 Å². The molecule has 0 radical (unpaired) electrons. The van der Waals surface area contributed by atoms with Gasteiger partial charge >= 0.3 is 19.8 Å². The summed E-state index contributed by atoms with van der Waals surface area (Å²) in [6.45, 7) is 0. The zero-order chi connectivity index (χ0) is 9.14. The van der Waals surface area contributed by atoms with Crippen molar-refractivity contribution in [1.82, 2.24) is 0 Å². The standard InChI is InChI=1S/C6H6INO4/c9-7(10)5-3-1-2-4-6(5)8(11)12/h1-6H. The molecule has 66 valence electrons. The maximum absolute atomic E-state index is 10.6. The second-order valence-electron chi connectivity index (χ2n) is 2.23. The number of alkyl halides is 1. The minimum atomic E-state index is -3.61. The summed E-state index contributed by atoms with van der Waals surface area (Å²) in [5.74, 6) is 0. The van der Waals surface area contributed by atoms with Gasteiger partial charge in [-0.1, -0.05) is 18.2 Å². The minimum Gasteiger partial charge on any atom is -0.264 e. The number of nitrogens with zero attached hydrogens (tertiary/aromatic N) is 1. The zero-order valence-corrected chi connectivity index (χ0v) is 8.08. The topological polar surface area (TPSA) is 77.3 Å². The number of hydrogen-bond acceptors (Lipinski definition) is 4. The van der Waals surface area contributed by atoms with Crippen LogP contribution in [0.15, 0.2) is 24.3 Å². The summed E-state index contributed by atoms with van der Waals surface area (Å²) in [6.07, 6.45) is 5.66. The molecule has 1 aliphatic rings. The van der Waals surface area contributed by atoms with Gasteiger partial charge in [-0.05, 0) is 6.08 Å². The Balaban J connectivity index is 2.92. The van der Waals surface area contributed by atoms with Crippen LogP contribution in [0.3, 0.4) is 0 Å². The lowest BCUT2D eigenvalue weighted by Crippen LogP contribution is -2.28. The van der Waals surface area contributed by atoms with Crippen molar-refractivity contribution in [2.45, 2.75) is 9.97 Å². The first-order valence-electron chi connectivity index (χ1n) is 3.15. The summed E-state index contributed by atoms with van der Waals surface area (Å²) in [6, 6.07) is -1.09. The molecule has 0 saturated heterocycles. The van der Waals surface area contributed by atoms with Crippen molar-refractivity contribution in [1.29, 1.82) is 0 Å². The summed E-state index contributed by atoms with van der Waals surface area (Å²) in [4.78, 5) is 9.76. The molecule has 0 bridgehead atoms. The number of nitro groups is 1. The largest absolute Gasteiger partial charge is 0.321 e. The van der Waals surface area contributed by atoms with Gasteiger partial charge in [0.15, 0.2) is 3.92 Å². The molecule has 6 heteroatoms. The molecule has 0 aromatic heterocycles. The Labute approximate surface area is 75.4 Å². The second-order valence-corrected chi connectivity index (χ2v) is 5.05. The smallest absolute Gasteiger partial charge is 0.264 e. The van der Waals surface area contributed by atoms with Crippen molar-refractivity contribution in [3.05, 3.63) is 34.4 Å². The van der Waals surface area contributed by atoms with Gasteiger partial charge in [-0.25, -0.2) is 6.14 Å². The van der Waals surface area contributed by atoms with E-state index in [0.29, 0.717) is 0 Å². The molecule has 0 heterocycles. The van der Waals surface area contributed by atoms with E-state index in [1.165, 1.54) is 24.3 Å². The van der Waals surface area contributed by atoms with Crippen molar-refractivity contribution in [3.8, 4) is 0 Å². The third-order valence-corrected chi connectivity index (χ3v) is 3.82. The highest BCUT2D eigenvalue weighted by atomic mass is 127. The average Bonchev–Trinajstić information content (AvgIpc) is 2.04. The summed E-state index contributed by atoms with van der Waals surface area (Å²) < 4.78 is 20.3. The first-order chi connectivity index (χ1) is 5.63. The van der Waals surface area contributed by atoms with Gasteiger partial charge in [-0.3, -0.25) is 10.1 Å². The Morgan fingerprint density at radius 2 is 1.83 bits per heavy atom. The zero-order valence-electron chi connectivity index (χ0n) is 5.92. The molecule has 2 atom stereocenters. The lowest BCUT2D eigenvalue weighted by molar-refractivity contribution is -0.506. The van der Waals surface area contributed by atoms with E-state index in [9.17, 15) is 16.3 Å². The van der Waals surface area contributed by atoms with Gasteiger partial charge in [0.1, 0.15) is 0 Å². The van der Waals surface area contributed by atoms with Gasteiger partial charge in [0.05, 0.1) is 0 Å². The van der Waals surface area contributed by atoms with E-state index in [-0.39, 0.29) is 0 Å².